The number of Topliss-reactive ketones (excluding diaryl/α,β-unsaturated/α-hetero) is 1. The third-order valence-electron chi connectivity index (χ3n) is 4.65. The minimum atomic E-state index is -0.263. The highest BCUT2D eigenvalue weighted by atomic mass is 16.6. The molecule has 0 aliphatic carbocycles. The maximum Gasteiger partial charge on any atom is 0.255 e. The van der Waals surface area contributed by atoms with Crippen LogP contribution in [0.3, 0.4) is 0 Å². The molecule has 3 aromatic carbocycles. The van der Waals surface area contributed by atoms with E-state index >= 15 is 0 Å². The van der Waals surface area contributed by atoms with E-state index in [4.69, 9.17) is 14.2 Å². The van der Waals surface area contributed by atoms with Gasteiger partial charge in [-0.2, -0.15) is 0 Å². The van der Waals surface area contributed by atoms with Gasteiger partial charge in [-0.05, 0) is 35.9 Å². The van der Waals surface area contributed by atoms with Crippen molar-refractivity contribution < 1.29 is 23.8 Å². The number of benzene rings is 3. The van der Waals surface area contributed by atoms with E-state index in [1.54, 1.807) is 42.5 Å². The molecule has 0 bridgehead atoms. The zero-order chi connectivity index (χ0) is 20.8. The third kappa shape index (κ3) is 4.60. The molecule has 1 aliphatic heterocycles. The van der Waals surface area contributed by atoms with Crippen molar-refractivity contribution in [2.24, 2.45) is 0 Å². The molecule has 30 heavy (non-hydrogen) atoms. The average molecular weight is 403 g/mol. The first-order valence-corrected chi connectivity index (χ1v) is 9.67. The first kappa shape index (κ1) is 19.5. The van der Waals surface area contributed by atoms with E-state index in [1.165, 1.54) is 0 Å². The summed E-state index contributed by atoms with van der Waals surface area (Å²) in [4.78, 5) is 25.2. The second-order valence-corrected chi connectivity index (χ2v) is 6.73. The Morgan fingerprint density at radius 3 is 2.43 bits per heavy atom. The first-order chi connectivity index (χ1) is 14.7. The summed E-state index contributed by atoms with van der Waals surface area (Å²) < 4.78 is 16.7. The molecule has 4 rings (SSSR count). The van der Waals surface area contributed by atoms with Crippen LogP contribution < -0.4 is 19.5 Å². The lowest BCUT2D eigenvalue weighted by atomic mass is 10.1. The molecule has 1 aliphatic rings. The molecule has 0 radical (unpaired) electrons. The molecule has 152 valence electrons. The van der Waals surface area contributed by atoms with E-state index in [2.05, 4.69) is 5.32 Å². The molecule has 3 aromatic rings. The monoisotopic (exact) mass is 403 g/mol. The zero-order valence-electron chi connectivity index (χ0n) is 16.3. The highest BCUT2D eigenvalue weighted by Crippen LogP contribution is 2.31. The van der Waals surface area contributed by atoms with Gasteiger partial charge in [0.1, 0.15) is 19.0 Å². The molecule has 6 heteroatoms. The number of para-hydroxylation sites is 1. The van der Waals surface area contributed by atoms with Gasteiger partial charge in [-0.3, -0.25) is 9.59 Å². The predicted octanol–water partition coefficient (Wildman–Crippen LogP) is 3.65. The van der Waals surface area contributed by atoms with Crippen molar-refractivity contribution in [2.75, 3.05) is 19.8 Å². The standard InChI is InChI=1S/C24H21NO5/c26-20(18-10-11-22-23(14-18)29-13-12-28-22)16-30-21-9-5-4-8-19(21)24(27)25-15-17-6-2-1-3-7-17/h1-11,14H,12-13,15-16H2,(H,25,27). The van der Waals surface area contributed by atoms with E-state index in [9.17, 15) is 9.59 Å². The van der Waals surface area contributed by atoms with Crippen molar-refractivity contribution >= 4 is 11.7 Å². The lowest BCUT2D eigenvalue weighted by Gasteiger charge is -2.18. The normalized spacial score (nSPS) is 12.1. The Hall–Kier alpha value is -3.80. The van der Waals surface area contributed by atoms with Gasteiger partial charge in [-0.25, -0.2) is 0 Å². The van der Waals surface area contributed by atoms with Gasteiger partial charge in [0.2, 0.25) is 0 Å². The van der Waals surface area contributed by atoms with Crippen molar-refractivity contribution in [1.82, 2.24) is 5.32 Å². The molecule has 0 saturated heterocycles. The molecule has 0 aromatic heterocycles. The van der Waals surface area contributed by atoms with Crippen molar-refractivity contribution in [3.8, 4) is 17.2 Å². The Kier molecular flexibility index (Phi) is 5.94. The fraction of sp³-hybridized carbons (Fsp3) is 0.167. The average Bonchev–Trinajstić information content (AvgIpc) is 2.81. The minimum absolute atomic E-state index is 0.192. The Morgan fingerprint density at radius 1 is 0.867 bits per heavy atom. The van der Waals surface area contributed by atoms with Crippen molar-refractivity contribution in [3.63, 3.8) is 0 Å². The minimum Gasteiger partial charge on any atom is -0.486 e. The third-order valence-corrected chi connectivity index (χ3v) is 4.65. The van der Waals surface area contributed by atoms with E-state index in [-0.39, 0.29) is 18.3 Å². The highest BCUT2D eigenvalue weighted by Gasteiger charge is 2.17. The number of rotatable bonds is 7. The topological polar surface area (TPSA) is 73.9 Å². The largest absolute Gasteiger partial charge is 0.486 e. The Balaban J connectivity index is 1.40. The zero-order valence-corrected chi connectivity index (χ0v) is 16.3. The van der Waals surface area contributed by atoms with E-state index in [1.807, 2.05) is 30.3 Å². The van der Waals surface area contributed by atoms with Gasteiger partial charge < -0.3 is 19.5 Å². The number of carbonyl (C=O) groups excluding carboxylic acids is 2. The number of fused-ring (bicyclic) bond motifs is 1. The summed E-state index contributed by atoms with van der Waals surface area (Å²) in [7, 11) is 0. The summed E-state index contributed by atoms with van der Waals surface area (Å²) in [5.41, 5.74) is 1.84. The number of amides is 1. The van der Waals surface area contributed by atoms with E-state index in [0.717, 1.165) is 5.56 Å². The molecule has 1 heterocycles. The maximum atomic E-state index is 12.6. The second-order valence-electron chi connectivity index (χ2n) is 6.73. The lowest BCUT2D eigenvalue weighted by Crippen LogP contribution is -2.24. The number of ether oxygens (including phenoxy) is 3. The first-order valence-electron chi connectivity index (χ1n) is 9.67. The van der Waals surface area contributed by atoms with Gasteiger partial charge in [0.25, 0.3) is 5.91 Å². The summed E-state index contributed by atoms with van der Waals surface area (Å²) in [6, 6.07) is 21.5. The van der Waals surface area contributed by atoms with Crippen LogP contribution in [0, 0.1) is 0 Å². The van der Waals surface area contributed by atoms with Crippen LogP contribution in [-0.2, 0) is 6.54 Å². The van der Waals surface area contributed by atoms with Crippen LogP contribution in [0.5, 0.6) is 17.2 Å². The fourth-order valence-corrected chi connectivity index (χ4v) is 3.10. The molecule has 0 spiro atoms. The number of hydrogen-bond donors (Lipinski definition) is 1. The number of nitrogens with one attached hydrogen (secondary N) is 1. The number of hydrogen-bond acceptors (Lipinski definition) is 5. The SMILES string of the molecule is O=C(COc1ccccc1C(=O)NCc1ccccc1)c1ccc2c(c1)OCCO2. The van der Waals surface area contributed by atoms with Gasteiger partial charge in [-0.15, -0.1) is 0 Å². The summed E-state index contributed by atoms with van der Waals surface area (Å²) >= 11 is 0. The van der Waals surface area contributed by atoms with Gasteiger partial charge in [0.05, 0.1) is 5.56 Å². The van der Waals surface area contributed by atoms with Crippen molar-refractivity contribution in [1.29, 1.82) is 0 Å². The molecule has 0 atom stereocenters. The number of carbonyl (C=O) groups is 2. The smallest absolute Gasteiger partial charge is 0.255 e. The van der Waals surface area contributed by atoms with Gasteiger partial charge in [0, 0.05) is 12.1 Å². The molecule has 1 amide bonds. The second kappa shape index (κ2) is 9.13. The molecule has 0 unspecified atom stereocenters. The Bertz CT molecular complexity index is 1050. The van der Waals surface area contributed by atoms with Gasteiger partial charge in [-0.1, -0.05) is 42.5 Å². The van der Waals surface area contributed by atoms with Crippen molar-refractivity contribution in [2.45, 2.75) is 6.54 Å². The van der Waals surface area contributed by atoms with E-state index < -0.39 is 0 Å². The molecular weight excluding hydrogens is 382 g/mol. The van der Waals surface area contributed by atoms with Crippen LogP contribution in [0.4, 0.5) is 0 Å². The van der Waals surface area contributed by atoms with Crippen LogP contribution in [0.2, 0.25) is 0 Å². The summed E-state index contributed by atoms with van der Waals surface area (Å²) in [5.74, 6) is 1.05. The molecule has 0 fully saturated rings. The molecule has 1 N–H and O–H groups in total. The van der Waals surface area contributed by atoms with Gasteiger partial charge in [0.15, 0.2) is 23.9 Å². The lowest BCUT2D eigenvalue weighted by molar-refractivity contribution is 0.0902. The van der Waals surface area contributed by atoms with Crippen LogP contribution >= 0.6 is 0 Å². The Labute approximate surface area is 174 Å². The van der Waals surface area contributed by atoms with Crippen LogP contribution in [-0.4, -0.2) is 31.5 Å². The summed E-state index contributed by atoms with van der Waals surface area (Å²) in [5, 5.41) is 2.87. The van der Waals surface area contributed by atoms with Crippen LogP contribution in [0.25, 0.3) is 0 Å². The van der Waals surface area contributed by atoms with Crippen molar-refractivity contribution in [3.05, 3.63) is 89.5 Å². The summed E-state index contributed by atoms with van der Waals surface area (Å²) in [6.07, 6.45) is 0. The predicted molar refractivity (Wildman–Crippen MR) is 111 cm³/mol. The van der Waals surface area contributed by atoms with Crippen LogP contribution in [0.15, 0.2) is 72.8 Å². The van der Waals surface area contributed by atoms with Gasteiger partial charge >= 0.3 is 0 Å². The highest BCUT2D eigenvalue weighted by molar-refractivity contribution is 5.99. The quantitative estimate of drug-likeness (QED) is 0.610. The van der Waals surface area contributed by atoms with E-state index in [0.29, 0.717) is 48.1 Å². The maximum absolute atomic E-state index is 12.6. The number of ketones is 1. The molecular formula is C24H21NO5. The summed E-state index contributed by atoms with van der Waals surface area (Å²) in [6.45, 7) is 1.16. The fourth-order valence-electron chi connectivity index (χ4n) is 3.10. The molecule has 0 saturated carbocycles. The Morgan fingerprint density at radius 2 is 1.60 bits per heavy atom. The molecule has 6 nitrogen and oxygen atoms in total. The van der Waals surface area contributed by atoms with Crippen LogP contribution in [0.1, 0.15) is 26.3 Å².